The Balaban J connectivity index is 2.47. The molecule has 2 heteroatoms. The fourth-order valence-electron chi connectivity index (χ4n) is 2.60. The molecule has 2 rings (SSSR count). The van der Waals surface area contributed by atoms with Crippen LogP contribution in [0.1, 0.15) is 37.0 Å². The molecule has 0 aromatic heterocycles. The van der Waals surface area contributed by atoms with Crippen molar-refractivity contribution in [2.45, 2.75) is 44.8 Å². The molecule has 2 N–H and O–H groups in total. The molecule has 0 saturated heterocycles. The minimum atomic E-state index is -0.249. The summed E-state index contributed by atoms with van der Waals surface area (Å²) in [6.45, 7) is 4.39. The second-order valence-electron chi connectivity index (χ2n) is 5.10. The molecular weight excluding hydrogens is 188 g/mol. The first-order chi connectivity index (χ1) is 7.03. The molecule has 82 valence electrons. The summed E-state index contributed by atoms with van der Waals surface area (Å²) in [6, 6.07) is 6.07. The van der Waals surface area contributed by atoms with E-state index < -0.39 is 0 Å². The highest BCUT2D eigenvalue weighted by Gasteiger charge is 2.31. The van der Waals surface area contributed by atoms with Gasteiger partial charge in [-0.1, -0.05) is 32.0 Å². The molecule has 0 fully saturated rings. The van der Waals surface area contributed by atoms with Gasteiger partial charge in [0.25, 0.3) is 0 Å². The number of aliphatic hydroxyl groups is 2. The van der Waals surface area contributed by atoms with Gasteiger partial charge in [-0.25, -0.2) is 0 Å². The Morgan fingerprint density at radius 3 is 2.80 bits per heavy atom. The van der Waals surface area contributed by atoms with Crippen LogP contribution in [0.25, 0.3) is 0 Å². The summed E-state index contributed by atoms with van der Waals surface area (Å²) in [6.07, 6.45) is 1.28. The molecule has 2 nitrogen and oxygen atoms in total. The van der Waals surface area contributed by atoms with Crippen molar-refractivity contribution in [2.75, 3.05) is 0 Å². The number of fused-ring (bicyclic) bond motifs is 1. The minimum absolute atomic E-state index is 0.0426. The fraction of sp³-hybridized carbons (Fsp3) is 0.538. The van der Waals surface area contributed by atoms with Crippen LogP contribution in [0, 0.1) is 0 Å². The summed E-state index contributed by atoms with van der Waals surface area (Å²) in [5, 5.41) is 18.9. The van der Waals surface area contributed by atoms with E-state index in [4.69, 9.17) is 5.11 Å². The van der Waals surface area contributed by atoms with E-state index >= 15 is 0 Å². The van der Waals surface area contributed by atoms with Crippen molar-refractivity contribution in [1.29, 1.82) is 0 Å². The summed E-state index contributed by atoms with van der Waals surface area (Å²) < 4.78 is 0. The maximum Gasteiger partial charge on any atom is 0.0681 e. The van der Waals surface area contributed by atoms with Gasteiger partial charge in [-0.2, -0.15) is 0 Å². The monoisotopic (exact) mass is 206 g/mol. The lowest BCUT2D eigenvalue weighted by molar-refractivity contribution is 0.127. The van der Waals surface area contributed by atoms with Crippen LogP contribution in [0.3, 0.4) is 0 Å². The van der Waals surface area contributed by atoms with Crippen molar-refractivity contribution in [3.8, 4) is 0 Å². The Morgan fingerprint density at radius 2 is 2.13 bits per heavy atom. The van der Waals surface area contributed by atoms with E-state index in [0.29, 0.717) is 6.42 Å². The smallest absolute Gasteiger partial charge is 0.0681 e. The number of hydrogen-bond acceptors (Lipinski definition) is 2. The third kappa shape index (κ3) is 1.92. The van der Waals surface area contributed by atoms with Gasteiger partial charge in [-0.05, 0) is 34.9 Å². The van der Waals surface area contributed by atoms with E-state index in [0.717, 1.165) is 12.0 Å². The van der Waals surface area contributed by atoms with Crippen molar-refractivity contribution in [2.24, 2.45) is 0 Å². The Bertz CT molecular complexity index is 369. The molecule has 0 amide bonds. The molecule has 0 aliphatic heterocycles. The second kappa shape index (κ2) is 3.62. The third-order valence-electron chi connectivity index (χ3n) is 3.28. The SMILES string of the molecule is CC1(C)CC(O)Cc2cc(CO)ccc21. The Kier molecular flexibility index (Phi) is 2.57. The highest BCUT2D eigenvalue weighted by Crippen LogP contribution is 2.37. The number of hydrogen-bond donors (Lipinski definition) is 2. The van der Waals surface area contributed by atoms with Crippen LogP contribution in [0.4, 0.5) is 0 Å². The van der Waals surface area contributed by atoms with Crippen LogP contribution >= 0.6 is 0 Å². The molecule has 0 bridgehead atoms. The number of aliphatic hydroxyl groups excluding tert-OH is 2. The first-order valence-electron chi connectivity index (χ1n) is 5.44. The van der Waals surface area contributed by atoms with Gasteiger partial charge in [0, 0.05) is 0 Å². The molecule has 0 heterocycles. The van der Waals surface area contributed by atoms with Gasteiger partial charge in [0.15, 0.2) is 0 Å². The second-order valence-corrected chi connectivity index (χ2v) is 5.10. The summed E-state index contributed by atoms with van der Waals surface area (Å²) in [4.78, 5) is 0. The Morgan fingerprint density at radius 1 is 1.40 bits per heavy atom. The maximum absolute atomic E-state index is 9.79. The van der Waals surface area contributed by atoms with Crippen LogP contribution in [-0.4, -0.2) is 16.3 Å². The van der Waals surface area contributed by atoms with Crippen molar-refractivity contribution in [3.05, 3.63) is 34.9 Å². The van der Waals surface area contributed by atoms with Gasteiger partial charge in [-0.15, -0.1) is 0 Å². The van der Waals surface area contributed by atoms with Gasteiger partial charge in [-0.3, -0.25) is 0 Å². The number of benzene rings is 1. The van der Waals surface area contributed by atoms with E-state index in [-0.39, 0.29) is 18.1 Å². The molecule has 1 unspecified atom stereocenters. The lowest BCUT2D eigenvalue weighted by atomic mass is 9.71. The van der Waals surface area contributed by atoms with Crippen LogP contribution in [0.5, 0.6) is 0 Å². The molecular formula is C13H18O2. The molecule has 1 aromatic rings. The van der Waals surface area contributed by atoms with E-state index in [1.54, 1.807) is 0 Å². The molecule has 1 atom stereocenters. The van der Waals surface area contributed by atoms with Gasteiger partial charge >= 0.3 is 0 Å². The highest BCUT2D eigenvalue weighted by atomic mass is 16.3. The largest absolute Gasteiger partial charge is 0.393 e. The van der Waals surface area contributed by atoms with E-state index in [1.807, 2.05) is 12.1 Å². The molecule has 1 aliphatic rings. The molecule has 0 radical (unpaired) electrons. The standard InChI is InChI=1S/C13H18O2/c1-13(2)7-11(15)6-10-5-9(8-14)3-4-12(10)13/h3-5,11,14-15H,6-8H2,1-2H3. The summed E-state index contributed by atoms with van der Waals surface area (Å²) in [5.41, 5.74) is 3.47. The molecule has 1 aromatic carbocycles. The average molecular weight is 206 g/mol. The lowest BCUT2D eigenvalue weighted by Gasteiger charge is -2.35. The first kappa shape index (κ1) is 10.7. The zero-order valence-corrected chi connectivity index (χ0v) is 9.33. The van der Waals surface area contributed by atoms with E-state index in [2.05, 4.69) is 19.9 Å². The Labute approximate surface area is 90.6 Å². The lowest BCUT2D eigenvalue weighted by Crippen LogP contribution is -2.32. The van der Waals surface area contributed by atoms with E-state index in [1.165, 1.54) is 11.1 Å². The Hall–Kier alpha value is -0.860. The summed E-state index contributed by atoms with van der Waals surface area (Å²) >= 11 is 0. The van der Waals surface area contributed by atoms with Gasteiger partial charge < -0.3 is 10.2 Å². The van der Waals surface area contributed by atoms with Crippen LogP contribution in [0.2, 0.25) is 0 Å². The van der Waals surface area contributed by atoms with Crippen molar-refractivity contribution < 1.29 is 10.2 Å². The highest BCUT2D eigenvalue weighted by molar-refractivity contribution is 5.39. The summed E-state index contributed by atoms with van der Waals surface area (Å²) in [5.74, 6) is 0. The topological polar surface area (TPSA) is 40.5 Å². The predicted molar refractivity (Wildman–Crippen MR) is 59.7 cm³/mol. The molecule has 15 heavy (non-hydrogen) atoms. The van der Waals surface area contributed by atoms with Gasteiger partial charge in [0.1, 0.15) is 0 Å². The molecule has 0 saturated carbocycles. The van der Waals surface area contributed by atoms with E-state index in [9.17, 15) is 5.11 Å². The number of rotatable bonds is 1. The van der Waals surface area contributed by atoms with Crippen molar-refractivity contribution in [1.82, 2.24) is 0 Å². The van der Waals surface area contributed by atoms with Gasteiger partial charge in [0.05, 0.1) is 12.7 Å². The van der Waals surface area contributed by atoms with Crippen LogP contribution in [0.15, 0.2) is 18.2 Å². The molecule has 0 spiro atoms. The summed E-state index contributed by atoms with van der Waals surface area (Å²) in [7, 11) is 0. The van der Waals surface area contributed by atoms with Crippen LogP contribution < -0.4 is 0 Å². The fourth-order valence-corrected chi connectivity index (χ4v) is 2.60. The zero-order valence-electron chi connectivity index (χ0n) is 9.33. The van der Waals surface area contributed by atoms with Crippen molar-refractivity contribution in [3.63, 3.8) is 0 Å². The van der Waals surface area contributed by atoms with Crippen molar-refractivity contribution >= 4 is 0 Å². The quantitative estimate of drug-likeness (QED) is 0.735. The average Bonchev–Trinajstić information content (AvgIpc) is 2.15. The predicted octanol–water partition coefficient (Wildman–Crippen LogP) is 1.76. The third-order valence-corrected chi connectivity index (χ3v) is 3.28. The normalized spacial score (nSPS) is 23.6. The minimum Gasteiger partial charge on any atom is -0.393 e. The van der Waals surface area contributed by atoms with Crippen LogP contribution in [-0.2, 0) is 18.4 Å². The first-order valence-corrected chi connectivity index (χ1v) is 5.44. The van der Waals surface area contributed by atoms with Gasteiger partial charge in [0.2, 0.25) is 0 Å². The molecule has 1 aliphatic carbocycles. The maximum atomic E-state index is 9.79. The zero-order chi connectivity index (χ0) is 11.1.